The van der Waals surface area contributed by atoms with Gasteiger partial charge in [0.25, 0.3) is 0 Å². The van der Waals surface area contributed by atoms with E-state index in [0.29, 0.717) is 0 Å². The van der Waals surface area contributed by atoms with Gasteiger partial charge in [0.2, 0.25) is 0 Å². The van der Waals surface area contributed by atoms with Crippen molar-refractivity contribution in [2.45, 2.75) is 6.92 Å². The van der Waals surface area contributed by atoms with Crippen molar-refractivity contribution in [2.75, 3.05) is 0 Å². The Balaban J connectivity index is 1.73. The number of rotatable bonds is 2. The van der Waals surface area contributed by atoms with E-state index in [2.05, 4.69) is 144 Å². The first-order chi connectivity index (χ1) is 17.7. The SMILES string of the molecule is Cc1ccc2c(-c3cccc4ccccc34)c3cc(Br)ccc3c(-c3cccc4ccccc34)c2c1. The normalized spacial score (nSPS) is 11.6. The van der Waals surface area contributed by atoms with E-state index in [-0.39, 0.29) is 0 Å². The Morgan fingerprint density at radius 3 is 1.53 bits per heavy atom. The largest absolute Gasteiger partial charge is 0.0616 e. The molecule has 0 saturated heterocycles. The molecule has 170 valence electrons. The highest BCUT2D eigenvalue weighted by molar-refractivity contribution is 9.10. The van der Waals surface area contributed by atoms with Gasteiger partial charge in [-0.1, -0.05) is 131 Å². The van der Waals surface area contributed by atoms with Crippen molar-refractivity contribution in [1.82, 2.24) is 0 Å². The molecule has 0 bridgehead atoms. The number of fused-ring (bicyclic) bond motifs is 4. The van der Waals surface area contributed by atoms with Gasteiger partial charge in [-0.25, -0.2) is 0 Å². The molecule has 0 atom stereocenters. The number of halogens is 1. The van der Waals surface area contributed by atoms with Gasteiger partial charge < -0.3 is 0 Å². The predicted molar refractivity (Wildman–Crippen MR) is 160 cm³/mol. The van der Waals surface area contributed by atoms with E-state index in [1.54, 1.807) is 0 Å². The molecule has 0 aromatic heterocycles. The van der Waals surface area contributed by atoms with Crippen LogP contribution in [0.2, 0.25) is 0 Å². The maximum absolute atomic E-state index is 3.79. The average Bonchev–Trinajstić information content (AvgIpc) is 2.91. The Bertz CT molecular complexity index is 1810. The molecule has 7 aromatic carbocycles. The lowest BCUT2D eigenvalue weighted by Crippen LogP contribution is -1.93. The molecule has 1 heteroatoms. The van der Waals surface area contributed by atoms with Crippen LogP contribution in [0.4, 0.5) is 0 Å². The Labute approximate surface area is 219 Å². The topological polar surface area (TPSA) is 0 Å². The first kappa shape index (κ1) is 21.4. The Kier molecular flexibility index (Phi) is 4.94. The van der Waals surface area contributed by atoms with E-state index in [1.165, 1.54) is 70.9 Å². The molecule has 0 N–H and O–H groups in total. The minimum absolute atomic E-state index is 1.09. The number of benzene rings is 7. The quantitative estimate of drug-likeness (QED) is 0.198. The first-order valence-corrected chi connectivity index (χ1v) is 13.1. The maximum Gasteiger partial charge on any atom is 0.0181 e. The molecule has 0 fully saturated rings. The Hall–Kier alpha value is -3.94. The third-order valence-corrected chi connectivity index (χ3v) is 7.85. The van der Waals surface area contributed by atoms with E-state index in [0.717, 1.165) is 4.47 Å². The Morgan fingerprint density at radius 1 is 0.417 bits per heavy atom. The van der Waals surface area contributed by atoms with Crippen LogP contribution in [0.15, 0.2) is 126 Å². The molecule has 7 aromatic rings. The number of hydrogen-bond acceptors (Lipinski definition) is 0. The standard InChI is InChI=1S/C35H23Br/c1-22-16-18-30-32(20-22)34(28-14-6-10-23-8-2-4-12-26(23)28)31-19-17-25(36)21-33(31)35(30)29-15-7-11-24-9-3-5-13-27(24)29/h2-21H,1H3. The van der Waals surface area contributed by atoms with Crippen LogP contribution >= 0.6 is 15.9 Å². The predicted octanol–water partition coefficient (Wildman–Crippen LogP) is 10.7. The summed E-state index contributed by atoms with van der Waals surface area (Å²) in [5, 5.41) is 10.2. The van der Waals surface area contributed by atoms with Gasteiger partial charge in [-0.3, -0.25) is 0 Å². The number of aryl methyl sites for hydroxylation is 1. The van der Waals surface area contributed by atoms with Gasteiger partial charge in [-0.05, 0) is 84.4 Å². The van der Waals surface area contributed by atoms with Gasteiger partial charge in [-0.2, -0.15) is 0 Å². The van der Waals surface area contributed by atoms with Crippen LogP contribution in [0.5, 0.6) is 0 Å². The zero-order valence-electron chi connectivity index (χ0n) is 19.9. The molecule has 0 radical (unpaired) electrons. The van der Waals surface area contributed by atoms with E-state index < -0.39 is 0 Å². The van der Waals surface area contributed by atoms with Crippen LogP contribution in [0, 0.1) is 6.92 Å². The summed E-state index contributed by atoms with van der Waals surface area (Å²) >= 11 is 3.79. The van der Waals surface area contributed by atoms with E-state index >= 15 is 0 Å². The van der Waals surface area contributed by atoms with Gasteiger partial charge in [0.1, 0.15) is 0 Å². The summed E-state index contributed by atoms with van der Waals surface area (Å²) in [5.74, 6) is 0. The highest BCUT2D eigenvalue weighted by Gasteiger charge is 2.19. The molecule has 0 aliphatic rings. The van der Waals surface area contributed by atoms with Crippen LogP contribution < -0.4 is 0 Å². The molecule has 0 aliphatic carbocycles. The fourth-order valence-corrected chi connectivity index (χ4v) is 6.14. The van der Waals surface area contributed by atoms with Gasteiger partial charge in [0.05, 0.1) is 0 Å². The highest BCUT2D eigenvalue weighted by atomic mass is 79.9. The van der Waals surface area contributed by atoms with Crippen molar-refractivity contribution in [1.29, 1.82) is 0 Å². The first-order valence-electron chi connectivity index (χ1n) is 12.3. The van der Waals surface area contributed by atoms with Crippen molar-refractivity contribution in [3.05, 3.63) is 131 Å². The van der Waals surface area contributed by atoms with Crippen molar-refractivity contribution < 1.29 is 0 Å². The second-order valence-corrected chi connectivity index (χ2v) is 10.5. The average molecular weight is 523 g/mol. The summed E-state index contributed by atoms with van der Waals surface area (Å²) in [7, 11) is 0. The van der Waals surface area contributed by atoms with E-state index in [1.807, 2.05) is 0 Å². The molecular formula is C35H23Br. The number of hydrogen-bond donors (Lipinski definition) is 0. The summed E-state index contributed by atoms with van der Waals surface area (Å²) in [6, 6.07) is 44.4. The molecule has 0 spiro atoms. The summed E-state index contributed by atoms with van der Waals surface area (Å²) in [6.45, 7) is 2.19. The minimum Gasteiger partial charge on any atom is -0.0616 e. The van der Waals surface area contributed by atoms with Crippen molar-refractivity contribution in [3.8, 4) is 22.3 Å². The smallest absolute Gasteiger partial charge is 0.0181 e. The molecule has 0 aliphatic heterocycles. The van der Waals surface area contributed by atoms with Gasteiger partial charge in [-0.15, -0.1) is 0 Å². The third kappa shape index (κ3) is 3.27. The van der Waals surface area contributed by atoms with Crippen molar-refractivity contribution in [2.24, 2.45) is 0 Å². The molecule has 0 heterocycles. The second kappa shape index (κ2) is 8.33. The zero-order valence-corrected chi connectivity index (χ0v) is 21.5. The van der Waals surface area contributed by atoms with Crippen LogP contribution in [-0.4, -0.2) is 0 Å². The van der Waals surface area contributed by atoms with Gasteiger partial charge >= 0.3 is 0 Å². The van der Waals surface area contributed by atoms with Crippen LogP contribution in [-0.2, 0) is 0 Å². The third-order valence-electron chi connectivity index (χ3n) is 7.35. The maximum atomic E-state index is 3.79. The minimum atomic E-state index is 1.09. The van der Waals surface area contributed by atoms with Gasteiger partial charge in [0, 0.05) is 4.47 Å². The molecule has 0 saturated carbocycles. The lowest BCUT2D eigenvalue weighted by Gasteiger charge is -2.20. The molecule has 0 nitrogen and oxygen atoms in total. The van der Waals surface area contributed by atoms with Crippen molar-refractivity contribution >= 4 is 59.0 Å². The molecule has 36 heavy (non-hydrogen) atoms. The van der Waals surface area contributed by atoms with Crippen LogP contribution in [0.1, 0.15) is 5.56 Å². The van der Waals surface area contributed by atoms with Crippen molar-refractivity contribution in [3.63, 3.8) is 0 Å². The monoisotopic (exact) mass is 522 g/mol. The Morgan fingerprint density at radius 2 is 0.917 bits per heavy atom. The zero-order chi connectivity index (χ0) is 24.2. The van der Waals surface area contributed by atoms with Crippen LogP contribution in [0.3, 0.4) is 0 Å². The molecule has 7 rings (SSSR count). The fraction of sp³-hybridized carbons (Fsp3) is 0.0286. The van der Waals surface area contributed by atoms with E-state index in [4.69, 9.17) is 0 Å². The van der Waals surface area contributed by atoms with Gasteiger partial charge in [0.15, 0.2) is 0 Å². The molecule has 0 amide bonds. The summed E-state index contributed by atoms with van der Waals surface area (Å²) < 4.78 is 1.09. The molecular weight excluding hydrogens is 500 g/mol. The van der Waals surface area contributed by atoms with Crippen LogP contribution in [0.25, 0.3) is 65.3 Å². The lowest BCUT2D eigenvalue weighted by atomic mass is 9.83. The second-order valence-electron chi connectivity index (χ2n) is 9.54. The highest BCUT2D eigenvalue weighted by Crippen LogP contribution is 2.47. The summed E-state index contributed by atoms with van der Waals surface area (Å²) in [5.41, 5.74) is 6.42. The molecule has 0 unspecified atom stereocenters. The van der Waals surface area contributed by atoms with E-state index in [9.17, 15) is 0 Å². The lowest BCUT2D eigenvalue weighted by molar-refractivity contribution is 1.51. The fourth-order valence-electron chi connectivity index (χ4n) is 5.78. The summed E-state index contributed by atoms with van der Waals surface area (Å²) in [6.07, 6.45) is 0. The summed E-state index contributed by atoms with van der Waals surface area (Å²) in [4.78, 5) is 0.